The van der Waals surface area contributed by atoms with Gasteiger partial charge in [-0.1, -0.05) is 68.7 Å². The Balaban J connectivity index is 1.84. The molecule has 0 spiro atoms. The van der Waals surface area contributed by atoms with Crippen molar-refractivity contribution in [1.29, 1.82) is 0 Å². The van der Waals surface area contributed by atoms with Crippen molar-refractivity contribution >= 4 is 11.8 Å². The predicted octanol–water partition coefficient (Wildman–Crippen LogP) is 5.20. The van der Waals surface area contributed by atoms with Gasteiger partial charge in [0.1, 0.15) is 5.60 Å². The first-order chi connectivity index (χ1) is 12.6. The Bertz CT molecular complexity index is 666. The Morgan fingerprint density at radius 1 is 1.00 bits per heavy atom. The zero-order valence-corrected chi connectivity index (χ0v) is 16.8. The highest BCUT2D eigenvalue weighted by atomic mass is 32.2. The van der Waals surface area contributed by atoms with Crippen LogP contribution in [0.4, 0.5) is 0 Å². The molecule has 26 heavy (non-hydrogen) atoms. The van der Waals surface area contributed by atoms with Gasteiger partial charge in [0.25, 0.3) is 0 Å². The molecule has 0 bridgehead atoms. The van der Waals surface area contributed by atoms with Gasteiger partial charge in [0.2, 0.25) is 0 Å². The number of rotatable bonds is 7. The van der Waals surface area contributed by atoms with E-state index < -0.39 is 5.60 Å². The zero-order valence-electron chi connectivity index (χ0n) is 15.9. The molecule has 2 N–H and O–H groups in total. The molecule has 140 valence electrons. The highest BCUT2D eigenvalue weighted by molar-refractivity contribution is 8.00. The summed E-state index contributed by atoms with van der Waals surface area (Å²) in [7, 11) is 1.94. The average Bonchev–Trinajstić information content (AvgIpc) is 2.69. The summed E-state index contributed by atoms with van der Waals surface area (Å²) in [6, 6.07) is 18.7. The van der Waals surface area contributed by atoms with Gasteiger partial charge in [-0.2, -0.15) is 0 Å². The molecule has 2 nitrogen and oxygen atoms in total. The lowest BCUT2D eigenvalue weighted by molar-refractivity contribution is 0.0248. The topological polar surface area (TPSA) is 32.3 Å². The molecule has 2 aromatic carbocycles. The van der Waals surface area contributed by atoms with Crippen LogP contribution in [-0.2, 0) is 5.60 Å². The lowest BCUT2D eigenvalue weighted by Crippen LogP contribution is -2.39. The van der Waals surface area contributed by atoms with Crippen molar-refractivity contribution in [2.24, 2.45) is 5.92 Å². The number of benzene rings is 2. The van der Waals surface area contributed by atoms with Gasteiger partial charge in [-0.3, -0.25) is 0 Å². The van der Waals surface area contributed by atoms with Crippen molar-refractivity contribution in [3.05, 3.63) is 65.7 Å². The first-order valence-corrected chi connectivity index (χ1v) is 10.7. The van der Waals surface area contributed by atoms with E-state index in [-0.39, 0.29) is 5.92 Å². The molecule has 1 fully saturated rings. The normalized spacial score (nSPS) is 19.0. The van der Waals surface area contributed by atoms with Crippen LogP contribution in [0.5, 0.6) is 0 Å². The van der Waals surface area contributed by atoms with E-state index in [1.54, 1.807) is 0 Å². The number of thioether (sulfide) groups is 1. The van der Waals surface area contributed by atoms with E-state index >= 15 is 0 Å². The van der Waals surface area contributed by atoms with E-state index in [9.17, 15) is 5.11 Å². The quantitative estimate of drug-likeness (QED) is 0.703. The minimum absolute atomic E-state index is 0.0618. The predicted molar refractivity (Wildman–Crippen MR) is 112 cm³/mol. The molecule has 1 saturated carbocycles. The van der Waals surface area contributed by atoms with Gasteiger partial charge in [-0.15, -0.1) is 11.8 Å². The SMILES string of the molecule is CNCC(C)C(O)(c1ccccc1)c1ccc(SC2CCCCC2)cc1. The highest BCUT2D eigenvalue weighted by Gasteiger charge is 2.37. The first kappa shape index (κ1) is 19.5. The van der Waals surface area contributed by atoms with Crippen LogP contribution in [0.15, 0.2) is 59.5 Å². The smallest absolute Gasteiger partial charge is 0.118 e. The van der Waals surface area contributed by atoms with Crippen LogP contribution in [0.1, 0.15) is 50.2 Å². The van der Waals surface area contributed by atoms with Gasteiger partial charge in [-0.05, 0) is 43.1 Å². The molecule has 3 rings (SSSR count). The maximum Gasteiger partial charge on any atom is 0.118 e. The summed E-state index contributed by atoms with van der Waals surface area (Å²) in [5.41, 5.74) is 0.938. The van der Waals surface area contributed by atoms with Gasteiger partial charge in [0, 0.05) is 22.6 Å². The van der Waals surface area contributed by atoms with Crippen LogP contribution < -0.4 is 5.32 Å². The Kier molecular flexibility index (Phi) is 6.80. The maximum atomic E-state index is 11.7. The van der Waals surface area contributed by atoms with Crippen LogP contribution in [0, 0.1) is 5.92 Å². The summed E-state index contributed by atoms with van der Waals surface area (Å²) in [5.74, 6) is 0.0618. The summed E-state index contributed by atoms with van der Waals surface area (Å²) in [4.78, 5) is 1.32. The van der Waals surface area contributed by atoms with E-state index in [1.807, 2.05) is 49.1 Å². The molecule has 0 amide bonds. The fraction of sp³-hybridized carbons (Fsp3) is 0.478. The molecule has 2 aromatic rings. The summed E-state index contributed by atoms with van der Waals surface area (Å²) in [6.07, 6.45) is 6.79. The second kappa shape index (κ2) is 9.07. The lowest BCUT2D eigenvalue weighted by atomic mass is 9.77. The van der Waals surface area contributed by atoms with E-state index in [1.165, 1.54) is 37.0 Å². The molecule has 2 unspecified atom stereocenters. The van der Waals surface area contributed by atoms with Crippen molar-refractivity contribution in [3.63, 3.8) is 0 Å². The monoisotopic (exact) mass is 369 g/mol. The lowest BCUT2D eigenvalue weighted by Gasteiger charge is -2.35. The summed E-state index contributed by atoms with van der Waals surface area (Å²) < 4.78 is 0. The zero-order chi connectivity index (χ0) is 18.4. The molecular weight excluding hydrogens is 338 g/mol. The largest absolute Gasteiger partial charge is 0.380 e. The Labute approximate surface area is 162 Å². The van der Waals surface area contributed by atoms with Crippen LogP contribution in [0.3, 0.4) is 0 Å². The molecule has 2 atom stereocenters. The molecule has 0 aliphatic heterocycles. The van der Waals surface area contributed by atoms with Crippen molar-refractivity contribution < 1.29 is 5.11 Å². The van der Waals surface area contributed by atoms with E-state index in [0.29, 0.717) is 0 Å². The van der Waals surface area contributed by atoms with Gasteiger partial charge >= 0.3 is 0 Å². The van der Waals surface area contributed by atoms with Gasteiger partial charge in [-0.25, -0.2) is 0 Å². The maximum absolute atomic E-state index is 11.7. The van der Waals surface area contributed by atoms with E-state index in [2.05, 4.69) is 36.5 Å². The van der Waals surface area contributed by atoms with Gasteiger partial charge in [0.15, 0.2) is 0 Å². The van der Waals surface area contributed by atoms with Crippen LogP contribution >= 0.6 is 11.8 Å². The number of nitrogens with one attached hydrogen (secondary N) is 1. The van der Waals surface area contributed by atoms with Crippen molar-refractivity contribution in [3.8, 4) is 0 Å². The Morgan fingerprint density at radius 2 is 1.62 bits per heavy atom. The van der Waals surface area contributed by atoms with Gasteiger partial charge < -0.3 is 10.4 Å². The van der Waals surface area contributed by atoms with Crippen LogP contribution in [0.2, 0.25) is 0 Å². The second-order valence-corrected chi connectivity index (χ2v) is 8.87. The third-order valence-corrected chi connectivity index (χ3v) is 6.94. The minimum atomic E-state index is -0.988. The summed E-state index contributed by atoms with van der Waals surface area (Å²) >= 11 is 2.00. The molecular formula is C23H31NOS. The third-order valence-electron chi connectivity index (χ3n) is 5.59. The van der Waals surface area contributed by atoms with E-state index in [0.717, 1.165) is 22.9 Å². The molecule has 0 aromatic heterocycles. The fourth-order valence-corrected chi connectivity index (χ4v) is 5.29. The standard InChI is InChI=1S/C23H31NOS/c1-18(17-24-2)23(25,19-9-5-3-6-10-19)20-13-15-22(16-14-20)26-21-11-7-4-8-12-21/h3,5-6,9-10,13-16,18,21,24-25H,4,7-8,11-12,17H2,1-2H3. The van der Waals surface area contributed by atoms with Crippen LogP contribution in [-0.4, -0.2) is 23.9 Å². The van der Waals surface area contributed by atoms with Crippen molar-refractivity contribution in [2.45, 2.75) is 54.8 Å². The van der Waals surface area contributed by atoms with Crippen molar-refractivity contribution in [2.75, 3.05) is 13.6 Å². The molecule has 0 radical (unpaired) electrons. The Morgan fingerprint density at radius 3 is 2.23 bits per heavy atom. The average molecular weight is 370 g/mol. The second-order valence-electron chi connectivity index (χ2n) is 7.49. The molecule has 3 heteroatoms. The summed E-state index contributed by atoms with van der Waals surface area (Å²) in [6.45, 7) is 2.86. The fourth-order valence-electron chi connectivity index (χ4n) is 4.04. The van der Waals surface area contributed by atoms with Crippen LogP contribution in [0.25, 0.3) is 0 Å². The Hall–Kier alpha value is -1.29. The third kappa shape index (κ3) is 4.33. The number of hydrogen-bond acceptors (Lipinski definition) is 3. The van der Waals surface area contributed by atoms with Gasteiger partial charge in [0.05, 0.1) is 0 Å². The molecule has 0 heterocycles. The molecule has 1 aliphatic carbocycles. The van der Waals surface area contributed by atoms with Crippen molar-refractivity contribution in [1.82, 2.24) is 5.32 Å². The minimum Gasteiger partial charge on any atom is -0.380 e. The first-order valence-electron chi connectivity index (χ1n) is 9.84. The highest BCUT2D eigenvalue weighted by Crippen LogP contribution is 2.39. The van der Waals surface area contributed by atoms with E-state index in [4.69, 9.17) is 0 Å². The molecule has 1 aliphatic rings. The number of aliphatic hydroxyl groups is 1. The molecule has 0 saturated heterocycles. The number of hydrogen-bond donors (Lipinski definition) is 2. The summed E-state index contributed by atoms with van der Waals surface area (Å²) in [5, 5.41) is 15.7.